The van der Waals surface area contributed by atoms with E-state index in [1.54, 1.807) is 17.5 Å². The van der Waals surface area contributed by atoms with Gasteiger partial charge in [0.15, 0.2) is 11.5 Å². The van der Waals surface area contributed by atoms with Crippen molar-refractivity contribution in [3.8, 4) is 10.7 Å². The van der Waals surface area contributed by atoms with E-state index in [-0.39, 0.29) is 0 Å². The summed E-state index contributed by atoms with van der Waals surface area (Å²) in [5.41, 5.74) is 4.20. The molecule has 0 bridgehead atoms. The van der Waals surface area contributed by atoms with Crippen molar-refractivity contribution < 1.29 is 0 Å². The van der Waals surface area contributed by atoms with Gasteiger partial charge in [0.05, 0.1) is 14.2 Å². The van der Waals surface area contributed by atoms with Crippen LogP contribution in [-0.2, 0) is 0 Å². The molecule has 3 aromatic rings. The maximum Gasteiger partial charge on any atom is 0.178 e. The monoisotopic (exact) mass is 307 g/mol. The van der Waals surface area contributed by atoms with Gasteiger partial charge >= 0.3 is 0 Å². The molecule has 0 atom stereocenters. The van der Waals surface area contributed by atoms with Crippen molar-refractivity contribution in [2.75, 3.05) is 0 Å². The van der Waals surface area contributed by atoms with Crippen LogP contribution in [0.1, 0.15) is 11.1 Å². The molecule has 86 valence electrons. The van der Waals surface area contributed by atoms with E-state index in [1.165, 1.54) is 11.1 Å². The Labute approximate surface area is 111 Å². The average molecular weight is 308 g/mol. The molecule has 0 aliphatic heterocycles. The van der Waals surface area contributed by atoms with E-state index in [4.69, 9.17) is 0 Å². The number of fused-ring (bicyclic) bond motifs is 1. The largest absolute Gasteiger partial charge is 0.336 e. The summed E-state index contributed by atoms with van der Waals surface area (Å²) < 4.78 is 1.15. The van der Waals surface area contributed by atoms with Gasteiger partial charge < -0.3 is 4.98 Å². The molecule has 0 unspecified atom stereocenters. The Bertz CT molecular complexity index is 679. The van der Waals surface area contributed by atoms with E-state index in [0.29, 0.717) is 0 Å². The molecule has 0 aliphatic rings. The number of nitrogens with zero attached hydrogens (tertiary/aromatic N) is 2. The zero-order valence-corrected chi connectivity index (χ0v) is 11.8. The van der Waals surface area contributed by atoms with E-state index < -0.39 is 0 Å². The molecule has 3 aromatic heterocycles. The third-order valence-corrected chi connectivity index (χ3v) is 4.83. The van der Waals surface area contributed by atoms with Gasteiger partial charge in [-0.25, -0.2) is 9.97 Å². The Kier molecular flexibility index (Phi) is 2.52. The van der Waals surface area contributed by atoms with Gasteiger partial charge in [0.2, 0.25) is 0 Å². The van der Waals surface area contributed by atoms with Crippen molar-refractivity contribution in [2.24, 2.45) is 0 Å². The summed E-state index contributed by atoms with van der Waals surface area (Å²) in [6, 6.07) is 4.11. The Morgan fingerprint density at radius 3 is 2.76 bits per heavy atom. The number of hydrogen-bond acceptors (Lipinski definition) is 3. The third-order valence-electron chi connectivity index (χ3n) is 2.69. The first kappa shape index (κ1) is 10.9. The van der Waals surface area contributed by atoms with Crippen LogP contribution in [-0.4, -0.2) is 15.0 Å². The average Bonchev–Trinajstić information content (AvgIpc) is 2.85. The van der Waals surface area contributed by atoms with Gasteiger partial charge in [0, 0.05) is 6.20 Å². The number of pyridine rings is 1. The van der Waals surface area contributed by atoms with Crippen molar-refractivity contribution in [3.63, 3.8) is 0 Å². The molecule has 0 spiro atoms. The number of aromatic amines is 1. The number of hydrogen-bond donors (Lipinski definition) is 1. The van der Waals surface area contributed by atoms with Crippen molar-refractivity contribution >= 4 is 38.4 Å². The Morgan fingerprint density at radius 1 is 1.29 bits per heavy atom. The topological polar surface area (TPSA) is 41.6 Å². The predicted octanol–water partition coefficient (Wildman–Crippen LogP) is 4.07. The molecule has 1 N–H and O–H groups in total. The summed E-state index contributed by atoms with van der Waals surface area (Å²) in [7, 11) is 0. The normalized spacial score (nSPS) is 11.2. The third kappa shape index (κ3) is 1.79. The molecule has 0 saturated heterocycles. The van der Waals surface area contributed by atoms with Gasteiger partial charge in [0.25, 0.3) is 0 Å². The minimum Gasteiger partial charge on any atom is -0.336 e. The highest BCUT2D eigenvalue weighted by Gasteiger charge is 2.11. The molecule has 17 heavy (non-hydrogen) atoms. The Morgan fingerprint density at radius 2 is 2.12 bits per heavy atom. The van der Waals surface area contributed by atoms with Gasteiger partial charge in [-0.1, -0.05) is 0 Å². The Balaban J connectivity index is 2.21. The lowest BCUT2D eigenvalue weighted by Gasteiger charge is -1.90. The van der Waals surface area contributed by atoms with Crippen LogP contribution in [0.4, 0.5) is 0 Å². The lowest BCUT2D eigenvalue weighted by molar-refractivity contribution is 1.31. The molecule has 5 heteroatoms. The van der Waals surface area contributed by atoms with E-state index in [1.807, 2.05) is 6.07 Å². The SMILES string of the molecule is Cc1cc(-c2nc3nccc(C)c3[nH]2)sc1Br. The number of H-pyrrole nitrogens is 1. The van der Waals surface area contributed by atoms with E-state index in [0.717, 1.165) is 25.7 Å². The Hall–Kier alpha value is -1.20. The van der Waals surface area contributed by atoms with Crippen LogP contribution < -0.4 is 0 Å². The maximum atomic E-state index is 4.52. The molecule has 0 radical (unpaired) electrons. The van der Waals surface area contributed by atoms with E-state index in [2.05, 4.69) is 50.8 Å². The first-order valence-electron chi connectivity index (χ1n) is 5.23. The van der Waals surface area contributed by atoms with Gasteiger partial charge in [-0.05, 0) is 53.0 Å². The van der Waals surface area contributed by atoms with Crippen LogP contribution in [0.5, 0.6) is 0 Å². The molecule has 0 amide bonds. The molecule has 0 aliphatic carbocycles. The summed E-state index contributed by atoms with van der Waals surface area (Å²) in [6.45, 7) is 4.14. The van der Waals surface area contributed by atoms with Gasteiger partial charge in [-0.3, -0.25) is 0 Å². The zero-order chi connectivity index (χ0) is 12.0. The molecule has 3 rings (SSSR count). The van der Waals surface area contributed by atoms with Crippen LogP contribution >= 0.6 is 27.3 Å². The number of aryl methyl sites for hydroxylation is 2. The summed E-state index contributed by atoms with van der Waals surface area (Å²) >= 11 is 5.22. The number of nitrogens with one attached hydrogen (secondary N) is 1. The highest BCUT2D eigenvalue weighted by molar-refractivity contribution is 9.11. The van der Waals surface area contributed by atoms with Crippen molar-refractivity contribution in [1.29, 1.82) is 0 Å². The van der Waals surface area contributed by atoms with Crippen LogP contribution in [0.3, 0.4) is 0 Å². The minimum absolute atomic E-state index is 0.780. The van der Waals surface area contributed by atoms with Crippen molar-refractivity contribution in [1.82, 2.24) is 15.0 Å². The molecular weight excluding hydrogens is 298 g/mol. The molecule has 0 fully saturated rings. The smallest absolute Gasteiger partial charge is 0.178 e. The molecule has 3 nitrogen and oxygen atoms in total. The number of rotatable bonds is 1. The van der Waals surface area contributed by atoms with Crippen molar-refractivity contribution in [2.45, 2.75) is 13.8 Å². The lowest BCUT2D eigenvalue weighted by Crippen LogP contribution is -1.78. The highest BCUT2D eigenvalue weighted by atomic mass is 79.9. The molecule has 0 aromatic carbocycles. The molecule has 0 saturated carbocycles. The fraction of sp³-hybridized carbons (Fsp3) is 0.167. The molecule has 3 heterocycles. The lowest BCUT2D eigenvalue weighted by atomic mass is 10.3. The van der Waals surface area contributed by atoms with Crippen LogP contribution in [0.15, 0.2) is 22.1 Å². The number of halogens is 1. The van der Waals surface area contributed by atoms with Crippen LogP contribution in [0.2, 0.25) is 0 Å². The maximum absolute atomic E-state index is 4.52. The quantitative estimate of drug-likeness (QED) is 0.736. The van der Waals surface area contributed by atoms with Gasteiger partial charge in [-0.2, -0.15) is 0 Å². The molecular formula is C12H10BrN3S. The van der Waals surface area contributed by atoms with E-state index in [9.17, 15) is 0 Å². The summed E-state index contributed by atoms with van der Waals surface area (Å²) in [6.07, 6.45) is 1.79. The number of aromatic nitrogens is 3. The second kappa shape index (κ2) is 3.92. The highest BCUT2D eigenvalue weighted by Crippen LogP contribution is 2.34. The fourth-order valence-electron chi connectivity index (χ4n) is 1.73. The second-order valence-corrected chi connectivity index (χ2v) is 6.35. The number of thiophene rings is 1. The summed E-state index contributed by atoms with van der Waals surface area (Å²) in [5, 5.41) is 0. The van der Waals surface area contributed by atoms with E-state index >= 15 is 0 Å². The standard InChI is InChI=1S/C12H10BrN3S/c1-6-3-4-14-12-9(6)15-11(16-12)8-5-7(2)10(13)17-8/h3-5H,1-2H3,(H,14,15,16). The summed E-state index contributed by atoms with van der Waals surface area (Å²) in [4.78, 5) is 13.3. The van der Waals surface area contributed by atoms with Crippen LogP contribution in [0, 0.1) is 13.8 Å². The predicted molar refractivity (Wildman–Crippen MR) is 74.4 cm³/mol. The minimum atomic E-state index is 0.780. The summed E-state index contributed by atoms with van der Waals surface area (Å²) in [5.74, 6) is 0.889. The first-order valence-corrected chi connectivity index (χ1v) is 6.84. The first-order chi connectivity index (χ1) is 8.15. The number of imidazole rings is 1. The second-order valence-electron chi connectivity index (χ2n) is 3.98. The van der Waals surface area contributed by atoms with Crippen molar-refractivity contribution in [3.05, 3.63) is 33.2 Å². The zero-order valence-electron chi connectivity index (χ0n) is 9.41. The fourth-order valence-corrected chi connectivity index (χ4v) is 3.21. The van der Waals surface area contributed by atoms with Gasteiger partial charge in [-0.15, -0.1) is 11.3 Å². The van der Waals surface area contributed by atoms with Crippen LogP contribution in [0.25, 0.3) is 21.9 Å². The van der Waals surface area contributed by atoms with Gasteiger partial charge in [0.1, 0.15) is 0 Å².